The van der Waals surface area contributed by atoms with E-state index in [1.807, 2.05) is 13.8 Å². The molecule has 2 rings (SSSR count). The molecule has 0 saturated heterocycles. The SMILES string of the molecule is CC(C)c1cc(=O)c2cc(Cl)c(F)cc2[nH]1. The second kappa shape index (κ2) is 3.91. The first-order valence-corrected chi connectivity index (χ1v) is 5.39. The maximum Gasteiger partial charge on any atom is 0.189 e. The normalized spacial score (nSPS) is 11.3. The van der Waals surface area contributed by atoms with Gasteiger partial charge in [-0.3, -0.25) is 4.79 Å². The number of aromatic amines is 1. The lowest BCUT2D eigenvalue weighted by Crippen LogP contribution is -2.06. The average Bonchev–Trinajstić information content (AvgIpc) is 2.20. The van der Waals surface area contributed by atoms with Gasteiger partial charge in [0.25, 0.3) is 0 Å². The third-order valence-electron chi connectivity index (χ3n) is 2.51. The van der Waals surface area contributed by atoms with Crippen LogP contribution in [0.1, 0.15) is 25.5 Å². The Kier molecular flexibility index (Phi) is 2.72. The summed E-state index contributed by atoms with van der Waals surface area (Å²) < 4.78 is 13.3. The number of rotatable bonds is 1. The molecule has 1 aromatic carbocycles. The highest BCUT2D eigenvalue weighted by atomic mass is 35.5. The summed E-state index contributed by atoms with van der Waals surface area (Å²) in [5.74, 6) is -0.332. The monoisotopic (exact) mass is 239 g/mol. The Morgan fingerprint density at radius 3 is 2.62 bits per heavy atom. The van der Waals surface area contributed by atoms with Gasteiger partial charge in [0, 0.05) is 17.1 Å². The van der Waals surface area contributed by atoms with Crippen LogP contribution in [0.15, 0.2) is 23.0 Å². The quantitative estimate of drug-likeness (QED) is 0.812. The predicted molar refractivity (Wildman–Crippen MR) is 63.6 cm³/mol. The fourth-order valence-corrected chi connectivity index (χ4v) is 1.74. The summed E-state index contributed by atoms with van der Waals surface area (Å²) in [7, 11) is 0. The van der Waals surface area contributed by atoms with Crippen molar-refractivity contribution in [2.45, 2.75) is 19.8 Å². The van der Waals surface area contributed by atoms with E-state index in [9.17, 15) is 9.18 Å². The van der Waals surface area contributed by atoms with Crippen LogP contribution < -0.4 is 5.43 Å². The molecule has 1 N–H and O–H groups in total. The first kappa shape index (κ1) is 11.1. The Morgan fingerprint density at radius 2 is 2.00 bits per heavy atom. The molecule has 1 aromatic heterocycles. The molecule has 0 atom stereocenters. The Labute approximate surface area is 97.1 Å². The Hall–Kier alpha value is -1.35. The molecule has 4 heteroatoms. The Balaban J connectivity index is 2.82. The van der Waals surface area contributed by atoms with Gasteiger partial charge in [-0.25, -0.2) is 4.39 Å². The zero-order valence-corrected chi connectivity index (χ0v) is 9.73. The van der Waals surface area contributed by atoms with E-state index < -0.39 is 5.82 Å². The van der Waals surface area contributed by atoms with Crippen molar-refractivity contribution < 1.29 is 4.39 Å². The summed E-state index contributed by atoms with van der Waals surface area (Å²) in [5.41, 5.74) is 1.14. The van der Waals surface area contributed by atoms with Gasteiger partial charge in [-0.15, -0.1) is 0 Å². The van der Waals surface area contributed by atoms with Crippen molar-refractivity contribution in [1.82, 2.24) is 4.98 Å². The van der Waals surface area contributed by atoms with Gasteiger partial charge in [0.2, 0.25) is 0 Å². The van der Waals surface area contributed by atoms with Crippen LogP contribution in [0, 0.1) is 5.82 Å². The number of nitrogens with one attached hydrogen (secondary N) is 1. The molecular formula is C12H11ClFNO. The third kappa shape index (κ3) is 1.83. The minimum Gasteiger partial charge on any atom is -0.358 e. The minimum absolute atomic E-state index is 0.0321. The van der Waals surface area contributed by atoms with E-state index in [0.29, 0.717) is 10.9 Å². The van der Waals surface area contributed by atoms with Crippen molar-refractivity contribution in [3.8, 4) is 0 Å². The van der Waals surface area contributed by atoms with Crippen molar-refractivity contribution in [3.63, 3.8) is 0 Å². The molecule has 0 spiro atoms. The summed E-state index contributed by atoms with van der Waals surface area (Å²) in [4.78, 5) is 14.8. The van der Waals surface area contributed by atoms with E-state index in [1.54, 1.807) is 0 Å². The van der Waals surface area contributed by atoms with E-state index in [4.69, 9.17) is 11.6 Å². The van der Waals surface area contributed by atoms with Gasteiger partial charge in [-0.1, -0.05) is 25.4 Å². The number of hydrogen-bond donors (Lipinski definition) is 1. The molecule has 0 radical (unpaired) electrons. The minimum atomic E-state index is -0.522. The molecule has 2 aromatic rings. The molecule has 0 amide bonds. The molecular weight excluding hydrogens is 229 g/mol. The van der Waals surface area contributed by atoms with E-state index in [2.05, 4.69) is 4.98 Å². The summed E-state index contributed by atoms with van der Waals surface area (Å²) in [6.45, 7) is 3.92. The fourth-order valence-electron chi connectivity index (χ4n) is 1.58. The lowest BCUT2D eigenvalue weighted by Gasteiger charge is -2.07. The molecule has 1 heterocycles. The highest BCUT2D eigenvalue weighted by Gasteiger charge is 2.08. The number of H-pyrrole nitrogens is 1. The van der Waals surface area contributed by atoms with Gasteiger partial charge in [0.15, 0.2) is 5.43 Å². The van der Waals surface area contributed by atoms with E-state index >= 15 is 0 Å². The van der Waals surface area contributed by atoms with Gasteiger partial charge in [-0.2, -0.15) is 0 Å². The molecule has 16 heavy (non-hydrogen) atoms. The lowest BCUT2D eigenvalue weighted by atomic mass is 10.1. The van der Waals surface area contributed by atoms with Crippen LogP contribution in [-0.2, 0) is 0 Å². The van der Waals surface area contributed by atoms with Crippen molar-refractivity contribution in [2.75, 3.05) is 0 Å². The highest BCUT2D eigenvalue weighted by Crippen LogP contribution is 2.21. The predicted octanol–water partition coefficient (Wildman–Crippen LogP) is 3.44. The van der Waals surface area contributed by atoms with Crippen LogP contribution in [0.2, 0.25) is 5.02 Å². The molecule has 0 aliphatic rings. The van der Waals surface area contributed by atoms with Crippen molar-refractivity contribution in [2.24, 2.45) is 0 Å². The van der Waals surface area contributed by atoms with Crippen molar-refractivity contribution >= 4 is 22.5 Å². The summed E-state index contributed by atoms with van der Waals surface area (Å²) >= 11 is 5.63. The van der Waals surface area contributed by atoms with Crippen LogP contribution in [0.5, 0.6) is 0 Å². The molecule has 0 fully saturated rings. The smallest absolute Gasteiger partial charge is 0.189 e. The van der Waals surface area contributed by atoms with Crippen LogP contribution in [0.25, 0.3) is 10.9 Å². The second-order valence-electron chi connectivity index (χ2n) is 4.06. The number of aromatic nitrogens is 1. The Morgan fingerprint density at radius 1 is 1.31 bits per heavy atom. The number of halogens is 2. The maximum atomic E-state index is 13.3. The zero-order valence-electron chi connectivity index (χ0n) is 8.97. The van der Waals surface area contributed by atoms with Gasteiger partial charge in [0.05, 0.1) is 10.5 Å². The number of benzene rings is 1. The zero-order chi connectivity index (χ0) is 11.9. The van der Waals surface area contributed by atoms with Crippen LogP contribution in [0.4, 0.5) is 4.39 Å². The number of hydrogen-bond acceptors (Lipinski definition) is 1. The third-order valence-corrected chi connectivity index (χ3v) is 2.80. The average molecular weight is 240 g/mol. The molecule has 84 valence electrons. The summed E-state index contributed by atoms with van der Waals surface area (Å²) in [5, 5.41) is 0.381. The molecule has 0 aliphatic carbocycles. The van der Waals surface area contributed by atoms with Gasteiger partial charge >= 0.3 is 0 Å². The van der Waals surface area contributed by atoms with E-state index in [-0.39, 0.29) is 16.4 Å². The first-order chi connectivity index (χ1) is 7.49. The number of fused-ring (bicyclic) bond motifs is 1. The van der Waals surface area contributed by atoms with E-state index in [1.165, 1.54) is 18.2 Å². The van der Waals surface area contributed by atoms with Gasteiger partial charge in [0.1, 0.15) is 5.82 Å². The lowest BCUT2D eigenvalue weighted by molar-refractivity contribution is 0.629. The van der Waals surface area contributed by atoms with Crippen molar-refractivity contribution in [3.05, 3.63) is 45.0 Å². The topological polar surface area (TPSA) is 32.9 Å². The van der Waals surface area contributed by atoms with Crippen LogP contribution >= 0.6 is 11.6 Å². The maximum absolute atomic E-state index is 13.3. The number of pyridine rings is 1. The molecule has 0 bridgehead atoms. The summed E-state index contributed by atoms with van der Waals surface area (Å²) in [6.07, 6.45) is 0. The second-order valence-corrected chi connectivity index (χ2v) is 4.46. The van der Waals surface area contributed by atoms with Crippen LogP contribution in [0.3, 0.4) is 0 Å². The van der Waals surface area contributed by atoms with Crippen LogP contribution in [-0.4, -0.2) is 4.98 Å². The highest BCUT2D eigenvalue weighted by molar-refractivity contribution is 6.31. The molecule has 2 nitrogen and oxygen atoms in total. The fraction of sp³-hybridized carbons (Fsp3) is 0.250. The van der Waals surface area contributed by atoms with Crippen molar-refractivity contribution in [1.29, 1.82) is 0 Å². The van der Waals surface area contributed by atoms with Gasteiger partial charge in [-0.05, 0) is 18.1 Å². The van der Waals surface area contributed by atoms with Gasteiger partial charge < -0.3 is 4.98 Å². The first-order valence-electron chi connectivity index (χ1n) is 5.01. The Bertz CT molecular complexity index is 604. The van der Waals surface area contributed by atoms with E-state index in [0.717, 1.165) is 5.69 Å². The summed E-state index contributed by atoms with van der Waals surface area (Å²) in [6, 6.07) is 4.14. The molecule has 0 aliphatic heterocycles. The largest absolute Gasteiger partial charge is 0.358 e. The standard InChI is InChI=1S/C12H11ClFNO/c1-6(2)10-5-12(16)7-3-8(13)9(14)4-11(7)15-10/h3-6H,1-2H3,(H,15,16). The molecule has 0 saturated carbocycles. The molecule has 0 unspecified atom stereocenters.